The molecule has 7 nitrogen and oxygen atoms in total. The third kappa shape index (κ3) is 6.13. The first-order valence-corrected chi connectivity index (χ1v) is 11.4. The Kier molecular flexibility index (Phi) is 7.58. The van der Waals surface area contributed by atoms with Crippen LogP contribution < -0.4 is 16.0 Å². The van der Waals surface area contributed by atoms with Gasteiger partial charge < -0.3 is 10.6 Å². The minimum atomic E-state index is -0.726. The molecule has 0 bridgehead atoms. The second-order valence-electron chi connectivity index (χ2n) is 8.37. The molecule has 3 aromatic rings. The van der Waals surface area contributed by atoms with Crippen molar-refractivity contribution in [3.8, 4) is 10.6 Å². The summed E-state index contributed by atoms with van der Waals surface area (Å²) in [7, 11) is 0. The predicted molar refractivity (Wildman–Crippen MR) is 130 cm³/mol. The van der Waals surface area contributed by atoms with Crippen molar-refractivity contribution in [1.29, 1.82) is 0 Å². The molecule has 0 saturated heterocycles. The highest BCUT2D eigenvalue weighted by molar-refractivity contribution is 7.18. The Bertz CT molecular complexity index is 1080. The Morgan fingerprint density at radius 1 is 0.938 bits per heavy atom. The molecule has 1 unspecified atom stereocenters. The van der Waals surface area contributed by atoms with Gasteiger partial charge >= 0.3 is 6.03 Å². The number of hydrogen-bond donors (Lipinski definition) is 3. The minimum absolute atomic E-state index is 0.117. The molecule has 8 heteroatoms. The zero-order valence-corrected chi connectivity index (χ0v) is 19.8. The highest BCUT2D eigenvalue weighted by atomic mass is 32.1. The number of aryl methyl sites for hydroxylation is 1. The smallest absolute Gasteiger partial charge is 0.319 e. The SMILES string of the molecule is Cc1cccc(-c2nnc(NC(=O)C(NC(=O)Nc3ccc(C(C)C)cc3)C(C)C)s2)c1. The maximum absolute atomic E-state index is 12.8. The highest BCUT2D eigenvalue weighted by Gasteiger charge is 2.25. The van der Waals surface area contributed by atoms with Gasteiger partial charge in [-0.3, -0.25) is 10.1 Å². The summed E-state index contributed by atoms with van der Waals surface area (Å²) in [4.78, 5) is 25.3. The number of urea groups is 1. The van der Waals surface area contributed by atoms with E-state index in [-0.39, 0.29) is 11.8 Å². The van der Waals surface area contributed by atoms with Crippen LogP contribution in [0.5, 0.6) is 0 Å². The van der Waals surface area contributed by atoms with Gasteiger partial charge in [-0.05, 0) is 42.5 Å². The number of hydrogen-bond acceptors (Lipinski definition) is 5. The van der Waals surface area contributed by atoms with Gasteiger partial charge in [-0.1, -0.05) is 74.9 Å². The van der Waals surface area contributed by atoms with Gasteiger partial charge in [0, 0.05) is 11.3 Å². The quantitative estimate of drug-likeness (QED) is 0.447. The lowest BCUT2D eigenvalue weighted by Crippen LogP contribution is -2.48. The van der Waals surface area contributed by atoms with E-state index in [2.05, 4.69) is 40.0 Å². The van der Waals surface area contributed by atoms with Crippen LogP contribution in [0.4, 0.5) is 15.6 Å². The van der Waals surface area contributed by atoms with E-state index >= 15 is 0 Å². The molecule has 1 heterocycles. The molecule has 3 amide bonds. The van der Waals surface area contributed by atoms with Gasteiger partial charge in [-0.15, -0.1) is 10.2 Å². The summed E-state index contributed by atoms with van der Waals surface area (Å²) < 4.78 is 0. The van der Waals surface area contributed by atoms with E-state index in [1.165, 1.54) is 16.9 Å². The summed E-state index contributed by atoms with van der Waals surface area (Å²) >= 11 is 1.29. The van der Waals surface area contributed by atoms with Crippen LogP contribution in [-0.2, 0) is 4.79 Å². The van der Waals surface area contributed by atoms with Crippen molar-refractivity contribution in [3.05, 3.63) is 59.7 Å². The molecule has 0 aliphatic rings. The highest BCUT2D eigenvalue weighted by Crippen LogP contribution is 2.27. The van der Waals surface area contributed by atoms with E-state index in [4.69, 9.17) is 0 Å². The van der Waals surface area contributed by atoms with Crippen molar-refractivity contribution in [3.63, 3.8) is 0 Å². The average Bonchev–Trinajstić information content (AvgIpc) is 3.20. The summed E-state index contributed by atoms with van der Waals surface area (Å²) in [5, 5.41) is 17.7. The van der Waals surface area contributed by atoms with Crippen molar-refractivity contribution in [2.45, 2.75) is 46.6 Å². The van der Waals surface area contributed by atoms with E-state index in [1.807, 2.05) is 69.3 Å². The van der Waals surface area contributed by atoms with Crippen LogP contribution in [0, 0.1) is 12.8 Å². The Labute approximate surface area is 192 Å². The van der Waals surface area contributed by atoms with E-state index in [1.54, 1.807) is 0 Å². The summed E-state index contributed by atoms with van der Waals surface area (Å²) in [6, 6.07) is 14.4. The van der Waals surface area contributed by atoms with Crippen LogP contribution in [0.1, 0.15) is 44.7 Å². The van der Waals surface area contributed by atoms with Crippen molar-refractivity contribution in [2.24, 2.45) is 5.92 Å². The molecular formula is C24H29N5O2S. The fourth-order valence-corrected chi connectivity index (χ4v) is 3.89. The normalized spacial score (nSPS) is 12.0. The molecular weight excluding hydrogens is 422 g/mol. The molecule has 0 spiro atoms. The monoisotopic (exact) mass is 451 g/mol. The average molecular weight is 452 g/mol. The molecule has 3 N–H and O–H groups in total. The molecule has 1 atom stereocenters. The summed E-state index contributed by atoms with van der Waals surface area (Å²) in [5.41, 5.74) is 3.93. The zero-order valence-electron chi connectivity index (χ0n) is 19.0. The van der Waals surface area contributed by atoms with E-state index in [0.717, 1.165) is 16.1 Å². The number of carbonyl (C=O) groups is 2. The summed E-state index contributed by atoms with van der Waals surface area (Å²) in [6.07, 6.45) is 0. The van der Waals surface area contributed by atoms with Crippen LogP contribution in [0.3, 0.4) is 0 Å². The third-order valence-corrected chi connectivity index (χ3v) is 5.88. The Morgan fingerprint density at radius 2 is 1.66 bits per heavy atom. The van der Waals surface area contributed by atoms with Crippen LogP contribution >= 0.6 is 11.3 Å². The Morgan fingerprint density at radius 3 is 2.28 bits per heavy atom. The number of aromatic nitrogens is 2. The largest absolute Gasteiger partial charge is 0.326 e. The second kappa shape index (κ2) is 10.4. The number of anilines is 2. The predicted octanol–water partition coefficient (Wildman–Crippen LogP) is 5.42. The number of nitrogens with zero attached hydrogens (tertiary/aromatic N) is 2. The van der Waals surface area contributed by atoms with Gasteiger partial charge in [-0.25, -0.2) is 4.79 Å². The molecule has 0 aliphatic heterocycles. The molecule has 0 aliphatic carbocycles. The van der Waals surface area contributed by atoms with Gasteiger partial charge in [0.15, 0.2) is 0 Å². The molecule has 0 fully saturated rings. The Balaban J connectivity index is 1.62. The van der Waals surface area contributed by atoms with Gasteiger partial charge in [0.25, 0.3) is 0 Å². The fourth-order valence-electron chi connectivity index (χ4n) is 3.15. The van der Waals surface area contributed by atoms with E-state index in [0.29, 0.717) is 16.7 Å². The van der Waals surface area contributed by atoms with E-state index < -0.39 is 12.1 Å². The van der Waals surface area contributed by atoms with Gasteiger partial charge in [-0.2, -0.15) is 0 Å². The van der Waals surface area contributed by atoms with E-state index in [9.17, 15) is 9.59 Å². The molecule has 32 heavy (non-hydrogen) atoms. The molecule has 0 radical (unpaired) electrons. The Hall–Kier alpha value is -3.26. The number of nitrogens with one attached hydrogen (secondary N) is 3. The van der Waals surface area contributed by atoms with Gasteiger partial charge in [0.05, 0.1) is 0 Å². The van der Waals surface area contributed by atoms with Crippen molar-refractivity contribution in [1.82, 2.24) is 15.5 Å². The number of rotatable bonds is 7. The molecule has 168 valence electrons. The first-order chi connectivity index (χ1) is 15.2. The third-order valence-electron chi connectivity index (χ3n) is 4.99. The minimum Gasteiger partial charge on any atom is -0.326 e. The fraction of sp³-hybridized carbons (Fsp3) is 0.333. The standard InChI is InChI=1S/C24H29N5O2S/c1-14(2)17-9-11-19(12-10-17)25-23(31)26-20(15(3)4)21(30)27-24-29-28-22(32-24)18-8-6-7-16(5)13-18/h6-15,20H,1-5H3,(H2,25,26,31)(H,27,29,30). The first-order valence-electron chi connectivity index (χ1n) is 10.6. The lowest BCUT2D eigenvalue weighted by Gasteiger charge is -2.21. The summed E-state index contributed by atoms with van der Waals surface area (Å²) in [5.74, 6) is -0.0378. The number of amides is 3. The van der Waals surface area contributed by atoms with Gasteiger partial charge in [0.1, 0.15) is 11.0 Å². The zero-order chi connectivity index (χ0) is 23.3. The maximum Gasteiger partial charge on any atom is 0.319 e. The van der Waals surface area contributed by atoms with Crippen LogP contribution in [0.15, 0.2) is 48.5 Å². The maximum atomic E-state index is 12.8. The molecule has 3 rings (SSSR count). The van der Waals surface area contributed by atoms with Crippen molar-refractivity contribution >= 4 is 34.1 Å². The number of benzene rings is 2. The lowest BCUT2D eigenvalue weighted by molar-refractivity contribution is -0.118. The molecule has 2 aromatic carbocycles. The summed E-state index contributed by atoms with van der Waals surface area (Å²) in [6.45, 7) is 9.99. The number of carbonyl (C=O) groups excluding carboxylic acids is 2. The second-order valence-corrected chi connectivity index (χ2v) is 9.35. The van der Waals surface area contributed by atoms with Crippen LogP contribution in [0.2, 0.25) is 0 Å². The first kappa shape index (κ1) is 23.4. The topological polar surface area (TPSA) is 96.0 Å². The van der Waals surface area contributed by atoms with Crippen molar-refractivity contribution in [2.75, 3.05) is 10.6 Å². The molecule has 1 aromatic heterocycles. The van der Waals surface area contributed by atoms with Gasteiger partial charge in [0.2, 0.25) is 11.0 Å². The van der Waals surface area contributed by atoms with Crippen molar-refractivity contribution < 1.29 is 9.59 Å². The van der Waals surface area contributed by atoms with Crippen LogP contribution in [-0.4, -0.2) is 28.2 Å². The molecule has 0 saturated carbocycles. The lowest BCUT2D eigenvalue weighted by atomic mass is 10.0. The van der Waals surface area contributed by atoms with Crippen LogP contribution in [0.25, 0.3) is 10.6 Å².